The zero-order valence-electron chi connectivity index (χ0n) is 13.5. The first-order valence-electron chi connectivity index (χ1n) is 7.48. The molecule has 0 radical (unpaired) electrons. The van der Waals surface area contributed by atoms with Crippen LogP contribution in [0.15, 0.2) is 18.2 Å². The summed E-state index contributed by atoms with van der Waals surface area (Å²) < 4.78 is 11.7. The van der Waals surface area contributed by atoms with Crippen LogP contribution in [0.2, 0.25) is 0 Å². The second-order valence-electron chi connectivity index (χ2n) is 5.48. The summed E-state index contributed by atoms with van der Waals surface area (Å²) >= 11 is 4.84. The highest BCUT2D eigenvalue weighted by Crippen LogP contribution is 2.30. The molecule has 23 heavy (non-hydrogen) atoms. The van der Waals surface area contributed by atoms with E-state index in [1.54, 1.807) is 7.11 Å². The lowest BCUT2D eigenvalue weighted by atomic mass is 10.1. The first kappa shape index (κ1) is 18.2. The molecule has 1 unspecified atom stereocenters. The molecule has 1 N–H and O–H groups in total. The number of aromatic nitrogens is 1. The molecule has 5 nitrogen and oxygen atoms in total. The summed E-state index contributed by atoms with van der Waals surface area (Å²) in [5.41, 5.74) is 0.852. The Morgan fingerprint density at radius 1 is 1.39 bits per heavy atom. The van der Waals surface area contributed by atoms with Crippen LogP contribution >= 0.6 is 27.3 Å². The number of hydrogen-bond donors (Lipinski definition) is 1. The second-order valence-corrected chi connectivity index (χ2v) is 7.50. The summed E-state index contributed by atoms with van der Waals surface area (Å²) in [5.74, 6) is 0.947. The molecule has 0 aliphatic heterocycles. The number of benzene rings is 1. The van der Waals surface area contributed by atoms with Gasteiger partial charge in [0.25, 0.3) is 0 Å². The zero-order chi connectivity index (χ0) is 16.8. The van der Waals surface area contributed by atoms with Crippen molar-refractivity contribution in [2.24, 2.45) is 5.92 Å². The summed E-state index contributed by atoms with van der Waals surface area (Å²) in [6.07, 6.45) is 0.848. The highest BCUT2D eigenvalue weighted by atomic mass is 79.9. The third-order valence-corrected chi connectivity index (χ3v) is 5.59. The van der Waals surface area contributed by atoms with E-state index < -0.39 is 0 Å². The molecule has 0 aliphatic carbocycles. The Morgan fingerprint density at radius 2 is 2.17 bits per heavy atom. The predicted octanol–water partition coefficient (Wildman–Crippen LogP) is 4.07. The van der Waals surface area contributed by atoms with Gasteiger partial charge in [0.1, 0.15) is 5.75 Å². The third-order valence-electron chi connectivity index (χ3n) is 3.19. The molecular weight excluding hydrogens is 380 g/mol. The van der Waals surface area contributed by atoms with Gasteiger partial charge in [-0.3, -0.25) is 4.79 Å². The monoisotopic (exact) mass is 400 g/mol. The van der Waals surface area contributed by atoms with Gasteiger partial charge >= 0.3 is 0 Å². The fourth-order valence-electron chi connectivity index (χ4n) is 1.92. The van der Waals surface area contributed by atoms with Gasteiger partial charge in [-0.05, 0) is 24.1 Å². The number of nitrogens with one attached hydrogen (secondary N) is 1. The van der Waals surface area contributed by atoms with Crippen LogP contribution in [0.4, 0.5) is 5.13 Å². The largest absolute Gasteiger partial charge is 0.493 e. The molecule has 1 aromatic heterocycles. The summed E-state index contributed by atoms with van der Waals surface area (Å²) in [4.78, 5) is 16.3. The van der Waals surface area contributed by atoms with E-state index in [0.717, 1.165) is 22.4 Å². The Hall–Kier alpha value is -1.18. The molecule has 0 fully saturated rings. The van der Waals surface area contributed by atoms with E-state index >= 15 is 0 Å². The number of carbonyl (C=O) groups is 1. The first-order valence-corrected chi connectivity index (χ1v) is 9.21. The average Bonchev–Trinajstić information content (AvgIpc) is 2.92. The molecule has 7 heteroatoms. The Kier molecular flexibility index (Phi) is 6.80. The molecule has 0 saturated carbocycles. The van der Waals surface area contributed by atoms with Crippen molar-refractivity contribution in [3.63, 3.8) is 0 Å². The van der Waals surface area contributed by atoms with Crippen molar-refractivity contribution >= 4 is 48.5 Å². The van der Waals surface area contributed by atoms with Crippen LogP contribution in [-0.2, 0) is 9.53 Å². The highest BCUT2D eigenvalue weighted by Gasteiger charge is 2.19. The number of ether oxygens (including phenoxy) is 2. The van der Waals surface area contributed by atoms with E-state index in [0.29, 0.717) is 18.3 Å². The lowest BCUT2D eigenvalue weighted by Gasteiger charge is -2.11. The lowest BCUT2D eigenvalue weighted by molar-refractivity contribution is -0.116. The topological polar surface area (TPSA) is 60.5 Å². The van der Waals surface area contributed by atoms with Gasteiger partial charge in [-0.2, -0.15) is 0 Å². The number of halogens is 1. The Morgan fingerprint density at radius 3 is 2.87 bits per heavy atom. The van der Waals surface area contributed by atoms with Crippen LogP contribution in [0.1, 0.15) is 20.3 Å². The zero-order valence-corrected chi connectivity index (χ0v) is 15.9. The molecule has 1 amide bonds. The smallest absolute Gasteiger partial charge is 0.240 e. The van der Waals surface area contributed by atoms with E-state index in [4.69, 9.17) is 9.47 Å². The maximum absolute atomic E-state index is 12.1. The van der Waals surface area contributed by atoms with E-state index in [2.05, 4.69) is 26.2 Å². The van der Waals surface area contributed by atoms with Crippen LogP contribution in [0.25, 0.3) is 10.2 Å². The second kappa shape index (κ2) is 8.61. The minimum absolute atomic E-state index is 0.0740. The first-order chi connectivity index (χ1) is 11.0. The fraction of sp³-hybridized carbons (Fsp3) is 0.500. The minimum atomic E-state index is -0.228. The number of fused-ring (bicyclic) bond motifs is 1. The Bertz CT molecular complexity index is 660. The summed E-state index contributed by atoms with van der Waals surface area (Å²) in [5, 5.41) is 3.46. The number of alkyl halides is 1. The molecule has 2 aromatic rings. The number of thiazole rings is 1. The molecule has 0 aliphatic rings. The SMILES string of the molecule is COCCCOc1ccc2nc(NC(=O)C(Br)C(C)C)sc2c1. The molecule has 0 spiro atoms. The number of nitrogens with zero attached hydrogens (tertiary/aromatic N) is 1. The lowest BCUT2D eigenvalue weighted by Crippen LogP contribution is -2.26. The number of hydrogen-bond acceptors (Lipinski definition) is 5. The number of amides is 1. The fourth-order valence-corrected chi connectivity index (χ4v) is 2.93. The quantitative estimate of drug-likeness (QED) is 0.535. The van der Waals surface area contributed by atoms with Crippen molar-refractivity contribution in [3.8, 4) is 5.75 Å². The summed E-state index contributed by atoms with van der Waals surface area (Å²) in [6, 6.07) is 5.74. The molecule has 1 heterocycles. The van der Waals surface area contributed by atoms with Gasteiger partial charge in [-0.25, -0.2) is 4.98 Å². The van der Waals surface area contributed by atoms with Gasteiger partial charge in [0, 0.05) is 20.1 Å². The standard InChI is InChI=1S/C16H21BrN2O3S/c1-10(2)14(17)15(20)19-16-18-12-6-5-11(9-13(12)23-16)22-8-4-7-21-3/h5-6,9-10,14H,4,7-8H2,1-3H3,(H,18,19,20). The highest BCUT2D eigenvalue weighted by molar-refractivity contribution is 9.10. The van der Waals surface area contributed by atoms with Gasteiger partial charge in [0.2, 0.25) is 5.91 Å². The minimum Gasteiger partial charge on any atom is -0.493 e. The Labute approximate surface area is 148 Å². The van der Waals surface area contributed by atoms with Crippen molar-refractivity contribution < 1.29 is 14.3 Å². The predicted molar refractivity (Wildman–Crippen MR) is 97.8 cm³/mol. The van der Waals surface area contributed by atoms with Crippen LogP contribution in [0.5, 0.6) is 5.75 Å². The van der Waals surface area contributed by atoms with E-state index in [9.17, 15) is 4.79 Å². The van der Waals surface area contributed by atoms with E-state index in [1.165, 1.54) is 11.3 Å². The average molecular weight is 401 g/mol. The molecule has 2 rings (SSSR count). The van der Waals surface area contributed by atoms with E-state index in [-0.39, 0.29) is 16.7 Å². The van der Waals surface area contributed by atoms with Crippen LogP contribution in [-0.4, -0.2) is 36.0 Å². The third kappa shape index (κ3) is 5.16. The molecule has 126 valence electrons. The van der Waals surface area contributed by atoms with Crippen molar-refractivity contribution in [1.82, 2.24) is 4.98 Å². The normalized spacial score (nSPS) is 12.6. The van der Waals surface area contributed by atoms with Crippen LogP contribution in [0.3, 0.4) is 0 Å². The van der Waals surface area contributed by atoms with E-state index in [1.807, 2.05) is 32.0 Å². The van der Waals surface area contributed by atoms with Crippen molar-refractivity contribution in [1.29, 1.82) is 0 Å². The van der Waals surface area contributed by atoms with Gasteiger partial charge in [0.05, 0.1) is 21.7 Å². The van der Waals surface area contributed by atoms with Crippen molar-refractivity contribution in [2.45, 2.75) is 25.1 Å². The van der Waals surface area contributed by atoms with Gasteiger partial charge < -0.3 is 14.8 Å². The van der Waals surface area contributed by atoms with Gasteiger partial charge in [-0.1, -0.05) is 41.1 Å². The van der Waals surface area contributed by atoms with Gasteiger partial charge in [-0.15, -0.1) is 0 Å². The molecule has 1 aromatic carbocycles. The molecule has 1 atom stereocenters. The molecule has 0 saturated heterocycles. The van der Waals surface area contributed by atoms with Crippen molar-refractivity contribution in [2.75, 3.05) is 25.6 Å². The van der Waals surface area contributed by atoms with Crippen LogP contribution < -0.4 is 10.1 Å². The molecule has 0 bridgehead atoms. The molecular formula is C16H21BrN2O3S. The van der Waals surface area contributed by atoms with Crippen molar-refractivity contribution in [3.05, 3.63) is 18.2 Å². The summed E-state index contributed by atoms with van der Waals surface area (Å²) in [7, 11) is 1.68. The van der Waals surface area contributed by atoms with Gasteiger partial charge in [0.15, 0.2) is 5.13 Å². The number of carbonyl (C=O) groups excluding carboxylic acids is 1. The summed E-state index contributed by atoms with van der Waals surface area (Å²) in [6.45, 7) is 5.28. The Balaban J connectivity index is 2.02. The maximum Gasteiger partial charge on any atom is 0.240 e. The maximum atomic E-state index is 12.1. The number of rotatable bonds is 8. The van der Waals surface area contributed by atoms with Crippen LogP contribution in [0, 0.1) is 5.92 Å². The number of anilines is 1. The number of methoxy groups -OCH3 is 1.